The largest absolute Gasteiger partial charge is 0.310 e. The van der Waals surface area contributed by atoms with Crippen molar-refractivity contribution in [2.24, 2.45) is 0 Å². The summed E-state index contributed by atoms with van der Waals surface area (Å²) in [6.07, 6.45) is 2.80. The fourth-order valence-electron chi connectivity index (χ4n) is 1.91. The maximum atomic E-state index is 11.1. The first-order chi connectivity index (χ1) is 8.42. The lowest BCUT2D eigenvalue weighted by molar-refractivity contribution is 0.507. The predicted octanol–water partition coefficient (Wildman–Crippen LogP) is 2.92. The molecule has 1 unspecified atom stereocenters. The first-order valence-electron chi connectivity index (χ1n) is 6.09. The van der Waals surface area contributed by atoms with Crippen LogP contribution in [0.2, 0.25) is 0 Å². The van der Waals surface area contributed by atoms with Gasteiger partial charge in [0.05, 0.1) is 0 Å². The molecule has 0 aliphatic rings. The molecule has 0 bridgehead atoms. The summed E-state index contributed by atoms with van der Waals surface area (Å²) in [5.74, 6) is 0.253. The second-order valence-corrected chi connectivity index (χ2v) is 7.61. The highest BCUT2D eigenvalue weighted by molar-refractivity contribution is 9.10. The van der Waals surface area contributed by atoms with Crippen molar-refractivity contribution in [1.82, 2.24) is 5.32 Å². The topological polar surface area (TPSA) is 46.2 Å². The van der Waals surface area contributed by atoms with E-state index in [1.165, 1.54) is 11.8 Å². The van der Waals surface area contributed by atoms with Crippen molar-refractivity contribution in [3.8, 4) is 0 Å². The SMILES string of the molecule is CCNC(CCCS(C)(=O)=O)c1cccc(Br)c1. The molecule has 1 atom stereocenters. The molecule has 0 saturated heterocycles. The van der Waals surface area contributed by atoms with Crippen molar-refractivity contribution in [1.29, 1.82) is 0 Å². The highest BCUT2D eigenvalue weighted by Crippen LogP contribution is 2.22. The summed E-state index contributed by atoms with van der Waals surface area (Å²) in [5, 5.41) is 3.40. The van der Waals surface area contributed by atoms with E-state index < -0.39 is 9.84 Å². The number of nitrogens with one attached hydrogen (secondary N) is 1. The number of rotatable bonds is 7. The monoisotopic (exact) mass is 333 g/mol. The van der Waals surface area contributed by atoms with Crippen LogP contribution < -0.4 is 5.32 Å². The maximum absolute atomic E-state index is 11.1. The average Bonchev–Trinajstić information content (AvgIpc) is 2.26. The normalized spacial score (nSPS) is 13.5. The van der Waals surface area contributed by atoms with Crippen molar-refractivity contribution in [3.63, 3.8) is 0 Å². The number of sulfone groups is 1. The molecule has 3 nitrogen and oxygen atoms in total. The van der Waals surface area contributed by atoms with E-state index in [1.54, 1.807) is 0 Å². The number of hydrogen-bond acceptors (Lipinski definition) is 3. The molecule has 0 aromatic heterocycles. The van der Waals surface area contributed by atoms with Crippen LogP contribution in [-0.2, 0) is 9.84 Å². The van der Waals surface area contributed by atoms with Gasteiger partial charge in [0, 0.05) is 22.5 Å². The van der Waals surface area contributed by atoms with Crippen LogP contribution in [0.4, 0.5) is 0 Å². The van der Waals surface area contributed by atoms with Gasteiger partial charge in [0.2, 0.25) is 0 Å². The average molecular weight is 334 g/mol. The van der Waals surface area contributed by atoms with Crippen LogP contribution in [0, 0.1) is 0 Å². The number of hydrogen-bond donors (Lipinski definition) is 1. The smallest absolute Gasteiger partial charge is 0.147 e. The molecule has 5 heteroatoms. The lowest BCUT2D eigenvalue weighted by Gasteiger charge is -2.18. The van der Waals surface area contributed by atoms with Gasteiger partial charge in [-0.05, 0) is 37.1 Å². The summed E-state index contributed by atoms with van der Waals surface area (Å²) in [7, 11) is -2.86. The molecule has 0 fully saturated rings. The summed E-state index contributed by atoms with van der Waals surface area (Å²) in [5.41, 5.74) is 1.19. The van der Waals surface area contributed by atoms with Crippen molar-refractivity contribution in [2.45, 2.75) is 25.8 Å². The van der Waals surface area contributed by atoms with Crippen LogP contribution in [0.1, 0.15) is 31.4 Å². The maximum Gasteiger partial charge on any atom is 0.147 e. The van der Waals surface area contributed by atoms with Crippen LogP contribution in [0.15, 0.2) is 28.7 Å². The van der Waals surface area contributed by atoms with Gasteiger partial charge < -0.3 is 5.32 Å². The van der Waals surface area contributed by atoms with Gasteiger partial charge in [-0.3, -0.25) is 0 Å². The minimum atomic E-state index is -2.86. The van der Waals surface area contributed by atoms with E-state index >= 15 is 0 Å². The van der Waals surface area contributed by atoms with E-state index in [0.29, 0.717) is 6.42 Å². The van der Waals surface area contributed by atoms with Gasteiger partial charge in [0.15, 0.2) is 0 Å². The van der Waals surface area contributed by atoms with E-state index in [0.717, 1.165) is 17.4 Å². The Balaban J connectivity index is 2.65. The molecule has 0 amide bonds. The molecule has 0 aliphatic heterocycles. The standard InChI is InChI=1S/C13H20BrNO2S/c1-3-15-13(8-5-9-18(2,16)17)11-6-4-7-12(14)10-11/h4,6-7,10,13,15H,3,5,8-9H2,1-2H3. The lowest BCUT2D eigenvalue weighted by Crippen LogP contribution is -2.21. The van der Waals surface area contributed by atoms with E-state index in [-0.39, 0.29) is 11.8 Å². The van der Waals surface area contributed by atoms with Crippen molar-refractivity contribution < 1.29 is 8.42 Å². The zero-order valence-corrected chi connectivity index (χ0v) is 13.2. The van der Waals surface area contributed by atoms with E-state index in [1.807, 2.05) is 12.1 Å². The van der Waals surface area contributed by atoms with E-state index in [4.69, 9.17) is 0 Å². The van der Waals surface area contributed by atoms with Gasteiger partial charge in [-0.15, -0.1) is 0 Å². The molecule has 0 radical (unpaired) electrons. The van der Waals surface area contributed by atoms with E-state index in [2.05, 4.69) is 40.3 Å². The predicted molar refractivity (Wildman–Crippen MR) is 79.5 cm³/mol. The Kier molecular flexibility index (Phi) is 6.32. The Hall–Kier alpha value is -0.390. The summed E-state index contributed by atoms with van der Waals surface area (Å²) in [4.78, 5) is 0. The molecular weight excluding hydrogens is 314 g/mol. The third-order valence-electron chi connectivity index (χ3n) is 2.71. The van der Waals surface area contributed by atoms with Crippen molar-refractivity contribution in [2.75, 3.05) is 18.6 Å². The van der Waals surface area contributed by atoms with Crippen LogP contribution in [0.25, 0.3) is 0 Å². The minimum Gasteiger partial charge on any atom is -0.310 e. The van der Waals surface area contributed by atoms with Crippen molar-refractivity contribution in [3.05, 3.63) is 34.3 Å². The molecule has 1 N–H and O–H groups in total. The molecule has 1 aromatic rings. The fraction of sp³-hybridized carbons (Fsp3) is 0.538. The summed E-state index contributed by atoms with van der Waals surface area (Å²) in [6, 6.07) is 8.35. The second kappa shape index (κ2) is 7.26. The first-order valence-corrected chi connectivity index (χ1v) is 8.94. The molecule has 0 saturated carbocycles. The first kappa shape index (κ1) is 15.7. The van der Waals surface area contributed by atoms with Gasteiger partial charge in [0.25, 0.3) is 0 Å². The van der Waals surface area contributed by atoms with Crippen LogP contribution in [-0.4, -0.2) is 27.0 Å². The molecule has 1 aromatic carbocycles. The Morgan fingerprint density at radius 1 is 1.39 bits per heavy atom. The number of halogens is 1. The Bertz CT molecular complexity index is 474. The summed E-state index contributed by atoms with van der Waals surface area (Å²) < 4.78 is 23.3. The van der Waals surface area contributed by atoms with Gasteiger partial charge in [0.1, 0.15) is 9.84 Å². The quantitative estimate of drug-likeness (QED) is 0.834. The Labute approximate surface area is 118 Å². The van der Waals surface area contributed by atoms with Gasteiger partial charge in [-0.25, -0.2) is 8.42 Å². The second-order valence-electron chi connectivity index (χ2n) is 4.44. The zero-order valence-electron chi connectivity index (χ0n) is 10.8. The summed E-state index contributed by atoms with van der Waals surface area (Å²) in [6.45, 7) is 2.93. The highest BCUT2D eigenvalue weighted by atomic mass is 79.9. The van der Waals surface area contributed by atoms with E-state index in [9.17, 15) is 8.42 Å². The zero-order chi connectivity index (χ0) is 13.6. The van der Waals surface area contributed by atoms with Gasteiger partial charge in [-0.1, -0.05) is 35.0 Å². The molecule has 18 heavy (non-hydrogen) atoms. The Morgan fingerprint density at radius 3 is 2.67 bits per heavy atom. The molecule has 1 rings (SSSR count). The third-order valence-corrected chi connectivity index (χ3v) is 4.23. The molecule has 0 spiro atoms. The highest BCUT2D eigenvalue weighted by Gasteiger charge is 2.11. The van der Waals surface area contributed by atoms with Gasteiger partial charge in [-0.2, -0.15) is 0 Å². The number of benzene rings is 1. The van der Waals surface area contributed by atoms with Crippen LogP contribution in [0.3, 0.4) is 0 Å². The molecule has 102 valence electrons. The van der Waals surface area contributed by atoms with Gasteiger partial charge >= 0.3 is 0 Å². The summed E-state index contributed by atoms with van der Waals surface area (Å²) >= 11 is 3.46. The lowest BCUT2D eigenvalue weighted by atomic mass is 10.0. The molecular formula is C13H20BrNO2S. The Morgan fingerprint density at radius 2 is 2.11 bits per heavy atom. The molecule has 0 aliphatic carbocycles. The third kappa shape index (κ3) is 5.98. The fourth-order valence-corrected chi connectivity index (χ4v) is 3.01. The van der Waals surface area contributed by atoms with Crippen LogP contribution in [0.5, 0.6) is 0 Å². The van der Waals surface area contributed by atoms with Crippen LogP contribution >= 0.6 is 15.9 Å². The molecule has 0 heterocycles. The minimum absolute atomic E-state index is 0.217. The van der Waals surface area contributed by atoms with Crippen molar-refractivity contribution >= 4 is 25.8 Å².